The smallest absolute Gasteiger partial charge is 0.231 e. The van der Waals surface area contributed by atoms with E-state index in [4.69, 9.17) is 9.47 Å². The molecule has 1 aliphatic rings. The molecule has 0 unspecified atom stereocenters. The highest BCUT2D eigenvalue weighted by molar-refractivity contribution is 5.46. The number of aromatic nitrogens is 2. The van der Waals surface area contributed by atoms with Crippen LogP contribution in [0.5, 0.6) is 11.5 Å². The normalized spacial score (nSPS) is 12.1. The molecule has 0 fully saturated rings. The first-order valence-corrected chi connectivity index (χ1v) is 9.12. The number of aryl methyl sites for hydroxylation is 1. The summed E-state index contributed by atoms with van der Waals surface area (Å²) in [4.78, 5) is 8.95. The summed E-state index contributed by atoms with van der Waals surface area (Å²) in [6.45, 7) is 3.47. The zero-order chi connectivity index (χ0) is 19.3. The SMILES string of the molecule is Cc1cc(NCCc2ccc(F)cc2)nc(NCc2ccc3c(c2)OCO3)n1. The van der Waals surface area contributed by atoms with E-state index in [0.29, 0.717) is 19.0 Å². The molecule has 1 aromatic heterocycles. The summed E-state index contributed by atoms with van der Waals surface area (Å²) < 4.78 is 23.7. The average Bonchev–Trinajstić information content (AvgIpc) is 3.15. The van der Waals surface area contributed by atoms with Crippen LogP contribution in [0.3, 0.4) is 0 Å². The summed E-state index contributed by atoms with van der Waals surface area (Å²) in [5, 5.41) is 6.55. The second-order valence-electron chi connectivity index (χ2n) is 6.56. The van der Waals surface area contributed by atoms with Gasteiger partial charge in [0.05, 0.1) is 0 Å². The Hall–Kier alpha value is -3.35. The lowest BCUT2D eigenvalue weighted by Crippen LogP contribution is -2.10. The van der Waals surface area contributed by atoms with E-state index >= 15 is 0 Å². The Morgan fingerprint density at radius 2 is 1.71 bits per heavy atom. The predicted octanol–water partition coefficient (Wildman–Crippen LogP) is 3.92. The number of benzene rings is 2. The molecule has 1 aliphatic heterocycles. The highest BCUT2D eigenvalue weighted by Gasteiger charge is 2.13. The summed E-state index contributed by atoms with van der Waals surface area (Å²) in [5.41, 5.74) is 2.99. The highest BCUT2D eigenvalue weighted by atomic mass is 19.1. The molecule has 0 amide bonds. The quantitative estimate of drug-likeness (QED) is 0.648. The zero-order valence-electron chi connectivity index (χ0n) is 15.5. The van der Waals surface area contributed by atoms with Crippen molar-refractivity contribution < 1.29 is 13.9 Å². The summed E-state index contributed by atoms with van der Waals surface area (Å²) in [5.74, 6) is 2.61. The minimum Gasteiger partial charge on any atom is -0.454 e. The van der Waals surface area contributed by atoms with E-state index in [1.54, 1.807) is 12.1 Å². The molecule has 6 nitrogen and oxygen atoms in total. The number of ether oxygens (including phenoxy) is 2. The summed E-state index contributed by atoms with van der Waals surface area (Å²) in [6.07, 6.45) is 0.781. The fourth-order valence-electron chi connectivity index (χ4n) is 2.96. The van der Waals surface area contributed by atoms with Crippen molar-refractivity contribution >= 4 is 11.8 Å². The van der Waals surface area contributed by atoms with Gasteiger partial charge in [0.15, 0.2) is 11.5 Å². The minimum absolute atomic E-state index is 0.221. The summed E-state index contributed by atoms with van der Waals surface area (Å²) in [7, 11) is 0. The first kappa shape index (κ1) is 18.0. The Kier molecular flexibility index (Phi) is 5.23. The molecule has 7 heteroatoms. The molecule has 2 heterocycles. The Morgan fingerprint density at radius 1 is 0.929 bits per heavy atom. The number of anilines is 2. The number of nitrogens with one attached hydrogen (secondary N) is 2. The molecular weight excluding hydrogens is 359 g/mol. The Bertz CT molecular complexity index is 963. The first-order valence-electron chi connectivity index (χ1n) is 9.12. The van der Waals surface area contributed by atoms with Crippen LogP contribution in [0, 0.1) is 12.7 Å². The van der Waals surface area contributed by atoms with Gasteiger partial charge in [-0.3, -0.25) is 0 Å². The van der Waals surface area contributed by atoms with Gasteiger partial charge in [-0.05, 0) is 48.7 Å². The van der Waals surface area contributed by atoms with Gasteiger partial charge in [0, 0.05) is 24.8 Å². The van der Waals surface area contributed by atoms with Gasteiger partial charge in [-0.2, -0.15) is 4.98 Å². The van der Waals surface area contributed by atoms with Gasteiger partial charge in [-0.1, -0.05) is 18.2 Å². The maximum absolute atomic E-state index is 13.0. The monoisotopic (exact) mass is 380 g/mol. The molecule has 0 aliphatic carbocycles. The van der Waals surface area contributed by atoms with Gasteiger partial charge in [-0.15, -0.1) is 0 Å². The number of hydrogen-bond acceptors (Lipinski definition) is 6. The molecule has 0 saturated heterocycles. The Balaban J connectivity index is 1.34. The van der Waals surface area contributed by atoms with Crippen molar-refractivity contribution in [2.24, 2.45) is 0 Å². The minimum atomic E-state index is -0.221. The van der Waals surface area contributed by atoms with Gasteiger partial charge in [-0.25, -0.2) is 9.37 Å². The molecule has 28 heavy (non-hydrogen) atoms. The van der Waals surface area contributed by atoms with Crippen LogP contribution in [0.15, 0.2) is 48.5 Å². The van der Waals surface area contributed by atoms with Crippen molar-refractivity contribution in [1.29, 1.82) is 0 Å². The van der Waals surface area contributed by atoms with Gasteiger partial charge >= 0.3 is 0 Å². The lowest BCUT2D eigenvalue weighted by molar-refractivity contribution is 0.174. The summed E-state index contributed by atoms with van der Waals surface area (Å²) >= 11 is 0. The van der Waals surface area contributed by atoms with E-state index in [1.165, 1.54) is 12.1 Å². The number of rotatable bonds is 7. The van der Waals surface area contributed by atoms with Gasteiger partial charge in [0.25, 0.3) is 0 Å². The van der Waals surface area contributed by atoms with Crippen LogP contribution < -0.4 is 20.1 Å². The van der Waals surface area contributed by atoms with Crippen LogP contribution >= 0.6 is 0 Å². The molecule has 4 rings (SSSR count). The third kappa shape index (κ3) is 4.49. The number of hydrogen-bond donors (Lipinski definition) is 2. The van der Waals surface area contributed by atoms with E-state index in [-0.39, 0.29) is 12.6 Å². The number of nitrogens with zero attached hydrogens (tertiary/aromatic N) is 2. The third-order valence-corrected chi connectivity index (χ3v) is 4.37. The van der Waals surface area contributed by atoms with Crippen LogP contribution in [0.2, 0.25) is 0 Å². The van der Waals surface area contributed by atoms with Crippen molar-refractivity contribution in [2.75, 3.05) is 24.0 Å². The molecular formula is C21H21FN4O2. The van der Waals surface area contributed by atoms with Gasteiger partial charge < -0.3 is 20.1 Å². The number of fused-ring (bicyclic) bond motifs is 1. The van der Waals surface area contributed by atoms with Crippen LogP contribution in [0.25, 0.3) is 0 Å². The topological polar surface area (TPSA) is 68.3 Å². The second kappa shape index (κ2) is 8.12. The van der Waals surface area contributed by atoms with E-state index in [2.05, 4.69) is 20.6 Å². The van der Waals surface area contributed by atoms with Crippen LogP contribution in [0.4, 0.5) is 16.2 Å². The molecule has 0 saturated carbocycles. The maximum Gasteiger partial charge on any atom is 0.231 e. The molecule has 0 spiro atoms. The van der Waals surface area contributed by atoms with Crippen molar-refractivity contribution in [3.8, 4) is 11.5 Å². The lowest BCUT2D eigenvalue weighted by Gasteiger charge is -2.10. The fourth-order valence-corrected chi connectivity index (χ4v) is 2.96. The van der Waals surface area contributed by atoms with Gasteiger partial charge in [0.1, 0.15) is 11.6 Å². The largest absolute Gasteiger partial charge is 0.454 e. The van der Waals surface area contributed by atoms with Crippen LogP contribution in [-0.2, 0) is 13.0 Å². The van der Waals surface area contributed by atoms with Crippen molar-refractivity contribution in [2.45, 2.75) is 19.9 Å². The molecule has 0 atom stereocenters. The van der Waals surface area contributed by atoms with Crippen LogP contribution in [-0.4, -0.2) is 23.3 Å². The average molecular weight is 380 g/mol. The second-order valence-corrected chi connectivity index (χ2v) is 6.56. The molecule has 0 bridgehead atoms. The van der Waals surface area contributed by atoms with Crippen LogP contribution in [0.1, 0.15) is 16.8 Å². The Labute approximate surface area is 162 Å². The van der Waals surface area contributed by atoms with Crippen molar-refractivity contribution in [1.82, 2.24) is 9.97 Å². The van der Waals surface area contributed by atoms with Crippen molar-refractivity contribution in [3.63, 3.8) is 0 Å². The maximum atomic E-state index is 13.0. The molecule has 2 aromatic carbocycles. The van der Waals surface area contributed by atoms with Crippen molar-refractivity contribution in [3.05, 3.63) is 71.2 Å². The molecule has 144 valence electrons. The molecule has 0 radical (unpaired) electrons. The van der Waals surface area contributed by atoms with E-state index < -0.39 is 0 Å². The van der Waals surface area contributed by atoms with E-state index in [0.717, 1.165) is 40.6 Å². The summed E-state index contributed by atoms with van der Waals surface area (Å²) in [6, 6.07) is 14.3. The third-order valence-electron chi connectivity index (χ3n) is 4.37. The fraction of sp³-hybridized carbons (Fsp3) is 0.238. The Morgan fingerprint density at radius 3 is 2.57 bits per heavy atom. The van der Waals surface area contributed by atoms with Gasteiger partial charge in [0.2, 0.25) is 12.7 Å². The van der Waals surface area contributed by atoms with E-state index in [1.807, 2.05) is 31.2 Å². The standard InChI is InChI=1S/C21H21FN4O2/c1-14-10-20(23-9-8-15-2-5-17(22)6-3-15)26-21(25-14)24-12-16-4-7-18-19(11-16)28-13-27-18/h2-7,10-11H,8-9,12-13H2,1H3,(H2,23,24,25,26). The zero-order valence-corrected chi connectivity index (χ0v) is 15.5. The first-order chi connectivity index (χ1) is 13.7. The predicted molar refractivity (Wildman–Crippen MR) is 105 cm³/mol. The lowest BCUT2D eigenvalue weighted by atomic mass is 10.1. The molecule has 2 N–H and O–H groups in total. The highest BCUT2D eigenvalue weighted by Crippen LogP contribution is 2.32. The van der Waals surface area contributed by atoms with E-state index in [9.17, 15) is 4.39 Å². The molecule has 3 aromatic rings. The number of halogens is 1.